The zero-order valence-corrected chi connectivity index (χ0v) is 8.54. The van der Waals surface area contributed by atoms with Crippen molar-refractivity contribution >= 4 is 21.8 Å². The van der Waals surface area contributed by atoms with Crippen LogP contribution >= 0.6 is 15.9 Å². The monoisotopic (exact) mass is 243 g/mol. The van der Waals surface area contributed by atoms with Gasteiger partial charge < -0.3 is 10.8 Å². The van der Waals surface area contributed by atoms with Crippen LogP contribution in [0.2, 0.25) is 0 Å². The fourth-order valence-corrected chi connectivity index (χ4v) is 1.45. The van der Waals surface area contributed by atoms with Gasteiger partial charge in [0.25, 0.3) is 0 Å². The first-order valence-corrected chi connectivity index (χ1v) is 4.89. The highest BCUT2D eigenvalue weighted by Crippen LogP contribution is 2.13. The molecule has 70 valence electrons. The predicted octanol–water partition coefficient (Wildman–Crippen LogP) is 1.17. The summed E-state index contributed by atoms with van der Waals surface area (Å²) < 4.78 is 0. The molecule has 0 bridgehead atoms. The molecule has 0 saturated carbocycles. The number of nitrogens with two attached hydrogens (primary N) is 1. The summed E-state index contributed by atoms with van der Waals surface area (Å²) >= 11 is 3.28. The van der Waals surface area contributed by atoms with E-state index >= 15 is 0 Å². The van der Waals surface area contributed by atoms with Crippen molar-refractivity contribution in [3.05, 3.63) is 34.9 Å². The van der Waals surface area contributed by atoms with Gasteiger partial charge in [0.2, 0.25) is 5.91 Å². The average Bonchev–Trinajstić information content (AvgIpc) is 2.16. The maximum Gasteiger partial charge on any atom is 0.249 e. The van der Waals surface area contributed by atoms with Gasteiger partial charge in [0.1, 0.15) is 0 Å². The first kappa shape index (κ1) is 10.2. The highest BCUT2D eigenvalue weighted by Gasteiger charge is 2.07. The van der Waals surface area contributed by atoms with Crippen LogP contribution in [-0.4, -0.2) is 11.0 Å². The molecule has 3 nitrogen and oxygen atoms in total. The Bertz CT molecular complexity index is 325. The zero-order valence-electron chi connectivity index (χ0n) is 6.96. The van der Waals surface area contributed by atoms with Crippen LogP contribution in [0, 0.1) is 0 Å². The van der Waals surface area contributed by atoms with Crippen LogP contribution in [0.1, 0.15) is 21.5 Å². The average molecular weight is 244 g/mol. The van der Waals surface area contributed by atoms with Crippen molar-refractivity contribution < 1.29 is 9.90 Å². The zero-order chi connectivity index (χ0) is 9.84. The standard InChI is InChI=1S/C9H10BrNO2/c10-4-6-1-2-8(9(11)13)7(3-6)5-12/h1-3,12H,4-5H2,(H2,11,13). The van der Waals surface area contributed by atoms with Gasteiger partial charge in [0, 0.05) is 10.9 Å². The van der Waals surface area contributed by atoms with E-state index in [1.165, 1.54) is 0 Å². The number of alkyl halides is 1. The number of aliphatic hydroxyl groups excluding tert-OH is 1. The molecule has 0 aliphatic heterocycles. The molecule has 0 spiro atoms. The molecule has 0 heterocycles. The molecule has 0 aromatic heterocycles. The second kappa shape index (κ2) is 4.39. The fourth-order valence-electron chi connectivity index (χ4n) is 1.10. The molecule has 0 unspecified atom stereocenters. The minimum atomic E-state index is -0.509. The number of benzene rings is 1. The largest absolute Gasteiger partial charge is 0.392 e. The van der Waals surface area contributed by atoms with Gasteiger partial charge in [0.05, 0.1) is 6.61 Å². The highest BCUT2D eigenvalue weighted by molar-refractivity contribution is 9.08. The Kier molecular flexibility index (Phi) is 3.45. The molecule has 13 heavy (non-hydrogen) atoms. The minimum absolute atomic E-state index is 0.168. The third-order valence-electron chi connectivity index (χ3n) is 1.76. The van der Waals surface area contributed by atoms with E-state index in [1.54, 1.807) is 18.2 Å². The van der Waals surface area contributed by atoms with E-state index in [2.05, 4.69) is 15.9 Å². The summed E-state index contributed by atoms with van der Waals surface area (Å²) in [6, 6.07) is 5.19. The topological polar surface area (TPSA) is 63.3 Å². The SMILES string of the molecule is NC(=O)c1ccc(CBr)cc1CO. The lowest BCUT2D eigenvalue weighted by atomic mass is 10.0. The van der Waals surface area contributed by atoms with Gasteiger partial charge in [0.15, 0.2) is 0 Å². The summed E-state index contributed by atoms with van der Waals surface area (Å²) in [5.41, 5.74) is 7.08. The van der Waals surface area contributed by atoms with Gasteiger partial charge in [-0.1, -0.05) is 28.1 Å². The molecule has 1 aromatic rings. The van der Waals surface area contributed by atoms with Crippen LogP contribution < -0.4 is 5.73 Å². The lowest BCUT2D eigenvalue weighted by molar-refractivity contribution is 0.0997. The van der Waals surface area contributed by atoms with Crippen LogP contribution in [0.15, 0.2) is 18.2 Å². The lowest BCUT2D eigenvalue weighted by Crippen LogP contribution is -2.13. The van der Waals surface area contributed by atoms with Crippen molar-refractivity contribution in [3.8, 4) is 0 Å². The lowest BCUT2D eigenvalue weighted by Gasteiger charge is -2.05. The number of primary amides is 1. The fraction of sp³-hybridized carbons (Fsp3) is 0.222. The molecule has 1 amide bonds. The summed E-state index contributed by atoms with van der Waals surface area (Å²) in [7, 11) is 0. The van der Waals surface area contributed by atoms with Crippen LogP contribution in [-0.2, 0) is 11.9 Å². The van der Waals surface area contributed by atoms with Crippen LogP contribution in [0.4, 0.5) is 0 Å². The van der Waals surface area contributed by atoms with E-state index in [0.29, 0.717) is 16.5 Å². The molecule has 0 fully saturated rings. The van der Waals surface area contributed by atoms with Crippen molar-refractivity contribution in [1.29, 1.82) is 0 Å². The van der Waals surface area contributed by atoms with Crippen LogP contribution in [0.25, 0.3) is 0 Å². The summed E-state index contributed by atoms with van der Waals surface area (Å²) in [4.78, 5) is 10.9. The van der Waals surface area contributed by atoms with Crippen molar-refractivity contribution in [3.63, 3.8) is 0 Å². The molecule has 1 rings (SSSR count). The maximum atomic E-state index is 10.9. The number of rotatable bonds is 3. The van der Waals surface area contributed by atoms with E-state index in [0.717, 1.165) is 5.56 Å². The van der Waals surface area contributed by atoms with Gasteiger partial charge in [-0.15, -0.1) is 0 Å². The number of hydrogen-bond donors (Lipinski definition) is 2. The summed E-state index contributed by atoms with van der Waals surface area (Å²) in [5.74, 6) is -0.509. The molecular formula is C9H10BrNO2. The molecular weight excluding hydrogens is 234 g/mol. The Morgan fingerprint density at radius 1 is 1.54 bits per heavy atom. The Hall–Kier alpha value is -0.870. The molecule has 0 radical (unpaired) electrons. The van der Waals surface area contributed by atoms with Crippen LogP contribution in [0.5, 0.6) is 0 Å². The quantitative estimate of drug-likeness (QED) is 0.784. The molecule has 1 aromatic carbocycles. The maximum absolute atomic E-state index is 10.9. The first-order valence-electron chi connectivity index (χ1n) is 3.77. The first-order chi connectivity index (χ1) is 6.19. The van der Waals surface area contributed by atoms with Crippen molar-refractivity contribution in [2.45, 2.75) is 11.9 Å². The van der Waals surface area contributed by atoms with Gasteiger partial charge in [-0.2, -0.15) is 0 Å². The van der Waals surface area contributed by atoms with Gasteiger partial charge in [-0.25, -0.2) is 0 Å². The summed E-state index contributed by atoms with van der Waals surface area (Å²) in [6.45, 7) is -0.168. The molecule has 3 N–H and O–H groups in total. The van der Waals surface area contributed by atoms with E-state index in [9.17, 15) is 4.79 Å². The molecule has 0 atom stereocenters. The van der Waals surface area contributed by atoms with Gasteiger partial charge in [-0.05, 0) is 17.2 Å². The number of aliphatic hydroxyl groups is 1. The van der Waals surface area contributed by atoms with E-state index < -0.39 is 5.91 Å². The molecule has 0 aliphatic carbocycles. The Morgan fingerprint density at radius 3 is 2.69 bits per heavy atom. The third kappa shape index (κ3) is 2.29. The number of carbonyl (C=O) groups is 1. The third-order valence-corrected chi connectivity index (χ3v) is 2.41. The van der Waals surface area contributed by atoms with E-state index in [4.69, 9.17) is 10.8 Å². The van der Waals surface area contributed by atoms with Crippen molar-refractivity contribution in [2.75, 3.05) is 0 Å². The minimum Gasteiger partial charge on any atom is -0.392 e. The number of carbonyl (C=O) groups excluding carboxylic acids is 1. The van der Waals surface area contributed by atoms with Crippen molar-refractivity contribution in [1.82, 2.24) is 0 Å². The number of amides is 1. The van der Waals surface area contributed by atoms with E-state index in [1.807, 2.05) is 0 Å². The van der Waals surface area contributed by atoms with E-state index in [-0.39, 0.29) is 6.61 Å². The van der Waals surface area contributed by atoms with Crippen molar-refractivity contribution in [2.24, 2.45) is 5.73 Å². The normalized spacial score (nSPS) is 10.0. The number of halogens is 1. The highest BCUT2D eigenvalue weighted by atomic mass is 79.9. The molecule has 4 heteroatoms. The second-order valence-corrected chi connectivity index (χ2v) is 3.21. The predicted molar refractivity (Wildman–Crippen MR) is 53.5 cm³/mol. The van der Waals surface area contributed by atoms with Gasteiger partial charge in [-0.3, -0.25) is 4.79 Å². The van der Waals surface area contributed by atoms with Gasteiger partial charge >= 0.3 is 0 Å². The Balaban J connectivity index is 3.15. The summed E-state index contributed by atoms with van der Waals surface area (Å²) in [6.07, 6.45) is 0. The molecule has 0 aliphatic rings. The summed E-state index contributed by atoms with van der Waals surface area (Å²) in [5, 5.41) is 9.66. The molecule has 0 saturated heterocycles. The smallest absolute Gasteiger partial charge is 0.249 e. The number of hydrogen-bond acceptors (Lipinski definition) is 2. The Labute approximate surface area is 84.7 Å². The Morgan fingerprint density at radius 2 is 2.23 bits per heavy atom. The second-order valence-electron chi connectivity index (χ2n) is 2.65. The van der Waals surface area contributed by atoms with Crippen LogP contribution in [0.3, 0.4) is 0 Å².